The normalized spacial score (nSPS) is 13.2. The predicted octanol–water partition coefficient (Wildman–Crippen LogP) is 16.8. The molecule has 0 nitrogen and oxygen atoms in total. The van der Waals surface area contributed by atoms with Crippen LogP contribution in [-0.4, -0.2) is 0 Å². The van der Waals surface area contributed by atoms with Crippen molar-refractivity contribution in [2.45, 2.75) is 5.41 Å². The highest BCUT2D eigenvalue weighted by molar-refractivity contribution is 6.22. The van der Waals surface area contributed by atoms with Gasteiger partial charge in [-0.1, -0.05) is 206 Å². The van der Waals surface area contributed by atoms with Gasteiger partial charge in [0.25, 0.3) is 0 Å². The monoisotopic (exact) mass is 794 g/mol. The summed E-state index contributed by atoms with van der Waals surface area (Å²) in [6, 6.07) is 86.6. The molecule has 0 aliphatic heterocycles. The van der Waals surface area contributed by atoms with Crippen LogP contribution in [-0.2, 0) is 5.41 Å². The van der Waals surface area contributed by atoms with E-state index in [0.29, 0.717) is 0 Å². The number of hydrogen-bond acceptors (Lipinski definition) is 0. The maximum absolute atomic E-state index is 2.55. The third-order valence-electron chi connectivity index (χ3n) is 14.4. The number of hydrogen-bond donors (Lipinski definition) is 0. The fourth-order valence-corrected chi connectivity index (χ4v) is 11.9. The molecule has 0 fully saturated rings. The molecule has 0 N–H and O–H groups in total. The zero-order valence-corrected chi connectivity index (χ0v) is 34.4. The Bertz CT molecular complexity index is 3800. The standard InChI is InChI=1S/C63H38/c1-2-17-39(18-3-1)59-50-26-7-9-28-52(50)60(53-29-10-8-27-51(53)59)43-20-16-19-40(35-43)41-33-34-42-37-55-58(38-44(42)36-41)63(56-31-14-12-23-47(56)48-24-13-15-32-57(48)63)62-54-30-11-5-22-46(54)45-21-4-6-25-49(45)61(55)62/h1-38H. The van der Waals surface area contributed by atoms with Crippen LogP contribution in [0.25, 0.3) is 109 Å². The predicted molar refractivity (Wildman–Crippen MR) is 267 cm³/mol. The Morgan fingerprint density at radius 2 is 0.683 bits per heavy atom. The molecule has 2 aliphatic carbocycles. The molecular weight excluding hydrogens is 757 g/mol. The zero-order chi connectivity index (χ0) is 41.2. The van der Waals surface area contributed by atoms with Gasteiger partial charge in [0.15, 0.2) is 0 Å². The Hall–Kier alpha value is -8.06. The van der Waals surface area contributed by atoms with Gasteiger partial charge in [-0.2, -0.15) is 0 Å². The van der Waals surface area contributed by atoms with Crippen molar-refractivity contribution in [1.82, 2.24) is 0 Å². The van der Waals surface area contributed by atoms with Gasteiger partial charge in [-0.3, -0.25) is 0 Å². The minimum absolute atomic E-state index is 0.473. The number of benzene rings is 12. The molecule has 63 heavy (non-hydrogen) atoms. The average Bonchev–Trinajstić information content (AvgIpc) is 3.82. The first kappa shape index (κ1) is 34.6. The third kappa shape index (κ3) is 4.65. The van der Waals surface area contributed by atoms with Crippen molar-refractivity contribution < 1.29 is 0 Å². The summed E-state index contributed by atoms with van der Waals surface area (Å²) in [5.74, 6) is 0. The van der Waals surface area contributed by atoms with Crippen molar-refractivity contribution in [3.8, 4) is 55.6 Å². The van der Waals surface area contributed by atoms with Gasteiger partial charge in [-0.05, 0) is 156 Å². The molecule has 290 valence electrons. The largest absolute Gasteiger partial charge is 0.0731 e. The summed E-state index contributed by atoms with van der Waals surface area (Å²) < 4.78 is 0. The van der Waals surface area contributed by atoms with Gasteiger partial charge < -0.3 is 0 Å². The second kappa shape index (κ2) is 13.0. The molecule has 0 unspecified atom stereocenters. The van der Waals surface area contributed by atoms with Gasteiger partial charge in [0, 0.05) is 0 Å². The lowest BCUT2D eigenvalue weighted by molar-refractivity contribution is 0.803. The second-order valence-electron chi connectivity index (χ2n) is 17.4. The van der Waals surface area contributed by atoms with Crippen molar-refractivity contribution >= 4 is 53.9 Å². The lowest BCUT2D eigenvalue weighted by atomic mass is 9.69. The quantitative estimate of drug-likeness (QED) is 0.123. The molecule has 12 aromatic carbocycles. The Balaban J connectivity index is 1.01. The van der Waals surface area contributed by atoms with Crippen LogP contribution in [0.1, 0.15) is 22.3 Å². The summed E-state index contributed by atoms with van der Waals surface area (Å²) in [4.78, 5) is 0. The molecule has 0 heterocycles. The Morgan fingerprint density at radius 3 is 1.32 bits per heavy atom. The van der Waals surface area contributed by atoms with Crippen LogP contribution in [0.5, 0.6) is 0 Å². The highest BCUT2D eigenvalue weighted by Gasteiger charge is 2.53. The topological polar surface area (TPSA) is 0 Å². The van der Waals surface area contributed by atoms with Crippen LogP contribution in [0.4, 0.5) is 0 Å². The Labute approximate surface area is 366 Å². The van der Waals surface area contributed by atoms with E-state index < -0.39 is 5.41 Å². The molecule has 12 aromatic rings. The lowest BCUT2D eigenvalue weighted by Crippen LogP contribution is -2.26. The smallest absolute Gasteiger partial charge is 0.0622 e. The SMILES string of the molecule is c1ccc(-c2c3ccccc3c(-c3cccc(-c4ccc5cc6c(cc5c4)C4(c5ccccc5-c5ccccc54)c4c-6c5ccccc5c5ccccc45)c3)c3ccccc23)cc1. The van der Waals surface area contributed by atoms with E-state index in [1.807, 2.05) is 0 Å². The maximum Gasteiger partial charge on any atom is 0.0731 e. The molecule has 0 amide bonds. The molecule has 14 rings (SSSR count). The van der Waals surface area contributed by atoms with Crippen molar-refractivity contribution in [2.24, 2.45) is 0 Å². The van der Waals surface area contributed by atoms with Crippen LogP contribution in [0.2, 0.25) is 0 Å². The van der Waals surface area contributed by atoms with Crippen LogP contribution in [0.3, 0.4) is 0 Å². The molecule has 0 radical (unpaired) electrons. The van der Waals surface area contributed by atoms with Gasteiger partial charge in [-0.25, -0.2) is 0 Å². The molecule has 1 spiro atoms. The molecular formula is C63H38. The molecule has 0 saturated carbocycles. The molecule has 0 saturated heterocycles. The minimum atomic E-state index is -0.473. The van der Waals surface area contributed by atoms with Crippen molar-refractivity contribution in [1.29, 1.82) is 0 Å². The van der Waals surface area contributed by atoms with Crippen LogP contribution in [0.15, 0.2) is 231 Å². The first-order chi connectivity index (χ1) is 31.3. The second-order valence-corrected chi connectivity index (χ2v) is 17.4. The van der Waals surface area contributed by atoms with Gasteiger partial charge in [-0.15, -0.1) is 0 Å². The first-order valence-corrected chi connectivity index (χ1v) is 22.1. The van der Waals surface area contributed by atoms with E-state index in [2.05, 4.69) is 231 Å². The molecule has 0 heteroatoms. The van der Waals surface area contributed by atoms with Crippen LogP contribution >= 0.6 is 0 Å². The summed E-state index contributed by atoms with van der Waals surface area (Å²) in [5.41, 5.74) is 17.8. The summed E-state index contributed by atoms with van der Waals surface area (Å²) >= 11 is 0. The van der Waals surface area contributed by atoms with Gasteiger partial charge in [0.2, 0.25) is 0 Å². The van der Waals surface area contributed by atoms with Gasteiger partial charge in [0.05, 0.1) is 5.41 Å². The van der Waals surface area contributed by atoms with Crippen molar-refractivity contribution in [3.63, 3.8) is 0 Å². The fourth-order valence-electron chi connectivity index (χ4n) is 11.9. The van der Waals surface area contributed by atoms with Gasteiger partial charge >= 0.3 is 0 Å². The molecule has 0 aromatic heterocycles. The van der Waals surface area contributed by atoms with E-state index in [4.69, 9.17) is 0 Å². The van der Waals surface area contributed by atoms with Crippen LogP contribution < -0.4 is 0 Å². The molecule has 2 aliphatic rings. The number of rotatable bonds is 3. The Morgan fingerprint density at radius 1 is 0.222 bits per heavy atom. The van der Waals surface area contributed by atoms with Gasteiger partial charge in [0.1, 0.15) is 0 Å². The molecule has 0 bridgehead atoms. The molecule has 0 atom stereocenters. The van der Waals surface area contributed by atoms with Crippen molar-refractivity contribution in [3.05, 3.63) is 253 Å². The van der Waals surface area contributed by atoms with Crippen molar-refractivity contribution in [2.75, 3.05) is 0 Å². The lowest BCUT2D eigenvalue weighted by Gasteiger charge is -2.32. The zero-order valence-electron chi connectivity index (χ0n) is 34.4. The maximum atomic E-state index is 2.55. The van der Waals surface area contributed by atoms with E-state index >= 15 is 0 Å². The Kier molecular flexibility index (Phi) is 7.13. The first-order valence-electron chi connectivity index (χ1n) is 22.1. The average molecular weight is 795 g/mol. The van der Waals surface area contributed by atoms with E-state index in [9.17, 15) is 0 Å². The summed E-state index contributed by atoms with van der Waals surface area (Å²) in [6.45, 7) is 0. The van der Waals surface area contributed by atoms with E-state index in [1.54, 1.807) is 0 Å². The fraction of sp³-hybridized carbons (Fsp3) is 0.0159. The van der Waals surface area contributed by atoms with E-state index in [0.717, 1.165) is 0 Å². The van der Waals surface area contributed by atoms with E-state index in [1.165, 1.54) is 132 Å². The third-order valence-corrected chi connectivity index (χ3v) is 14.4. The number of fused-ring (bicyclic) bond motifs is 18. The minimum Gasteiger partial charge on any atom is -0.0622 e. The van der Waals surface area contributed by atoms with E-state index in [-0.39, 0.29) is 0 Å². The highest BCUT2D eigenvalue weighted by Crippen LogP contribution is 2.65. The highest BCUT2D eigenvalue weighted by atomic mass is 14.5. The summed E-state index contributed by atoms with van der Waals surface area (Å²) in [6.07, 6.45) is 0. The van der Waals surface area contributed by atoms with Crippen LogP contribution in [0, 0.1) is 0 Å². The summed E-state index contributed by atoms with van der Waals surface area (Å²) in [5, 5.41) is 12.8. The summed E-state index contributed by atoms with van der Waals surface area (Å²) in [7, 11) is 0.